The van der Waals surface area contributed by atoms with Crippen molar-refractivity contribution >= 4 is 5.78 Å². The van der Waals surface area contributed by atoms with E-state index in [1.165, 1.54) is 12.0 Å². The van der Waals surface area contributed by atoms with Gasteiger partial charge in [-0.3, -0.25) is 4.79 Å². The number of hydrogen-bond donors (Lipinski definition) is 1. The van der Waals surface area contributed by atoms with E-state index in [4.69, 9.17) is 4.74 Å². The van der Waals surface area contributed by atoms with Crippen molar-refractivity contribution < 1.29 is 14.6 Å². The minimum atomic E-state index is -0.418. The number of carbonyl (C=O) groups excluding carboxylic acids is 1. The van der Waals surface area contributed by atoms with Crippen molar-refractivity contribution in [3.05, 3.63) is 23.8 Å². The average Bonchev–Trinajstić information content (AvgIpc) is 3.24. The topological polar surface area (TPSA) is 46.5 Å². The molecule has 5 aliphatic carbocycles. The van der Waals surface area contributed by atoms with E-state index < -0.39 is 5.60 Å². The first-order chi connectivity index (χ1) is 13.3. The largest absolute Gasteiger partial charge is 0.393 e. The third-order valence-corrected chi connectivity index (χ3v) is 9.88. The molecule has 7 atom stereocenters. The number of fused-ring (bicyclic) bond motifs is 5. The quantitative estimate of drug-likeness (QED) is 0.683. The van der Waals surface area contributed by atoms with E-state index in [2.05, 4.69) is 32.9 Å². The Kier molecular flexibility index (Phi) is 4.28. The molecule has 1 N–H and O–H groups in total. The SMILES string of the molecule is CC1(OC2CC=CC2)CC(=O)C=C2CC[C@H]3[C@@H]4CC[C@H](O)[C@@]4(C)CC[C@@H]3[C@]21C. The summed E-state index contributed by atoms with van der Waals surface area (Å²) < 4.78 is 6.82. The predicted octanol–water partition coefficient (Wildman–Crippen LogP) is 4.98. The highest BCUT2D eigenvalue weighted by atomic mass is 16.5. The molecule has 0 amide bonds. The molecule has 0 aromatic heterocycles. The zero-order valence-electron chi connectivity index (χ0n) is 17.7. The van der Waals surface area contributed by atoms with Crippen LogP contribution >= 0.6 is 0 Å². The highest BCUT2D eigenvalue weighted by molar-refractivity contribution is 5.93. The smallest absolute Gasteiger partial charge is 0.158 e. The van der Waals surface area contributed by atoms with E-state index in [-0.39, 0.29) is 28.8 Å². The molecule has 3 saturated carbocycles. The van der Waals surface area contributed by atoms with Crippen molar-refractivity contribution in [2.24, 2.45) is 28.6 Å². The molecular formula is C25H36O3. The van der Waals surface area contributed by atoms with Gasteiger partial charge in [-0.2, -0.15) is 0 Å². The molecule has 0 saturated heterocycles. The van der Waals surface area contributed by atoms with E-state index in [9.17, 15) is 9.90 Å². The maximum atomic E-state index is 12.7. The van der Waals surface area contributed by atoms with Crippen LogP contribution < -0.4 is 0 Å². The van der Waals surface area contributed by atoms with Crippen molar-refractivity contribution in [3.63, 3.8) is 0 Å². The first-order valence-electron chi connectivity index (χ1n) is 11.5. The second-order valence-corrected chi connectivity index (χ2v) is 11.0. The predicted molar refractivity (Wildman–Crippen MR) is 110 cm³/mol. The first kappa shape index (κ1) is 19.1. The molecule has 1 unspecified atom stereocenters. The fourth-order valence-electron chi connectivity index (χ4n) is 8.14. The van der Waals surface area contributed by atoms with Gasteiger partial charge in [-0.15, -0.1) is 0 Å². The lowest BCUT2D eigenvalue weighted by Gasteiger charge is -2.63. The molecule has 0 spiro atoms. The van der Waals surface area contributed by atoms with E-state index in [0.717, 1.165) is 44.9 Å². The van der Waals surface area contributed by atoms with Gasteiger partial charge in [0.15, 0.2) is 5.78 Å². The van der Waals surface area contributed by atoms with Gasteiger partial charge in [0.2, 0.25) is 0 Å². The summed E-state index contributed by atoms with van der Waals surface area (Å²) in [4.78, 5) is 12.7. The number of aliphatic hydroxyl groups excluding tert-OH is 1. The van der Waals surface area contributed by atoms with Crippen LogP contribution in [0.25, 0.3) is 0 Å². The number of rotatable bonds is 2. The monoisotopic (exact) mass is 384 g/mol. The first-order valence-corrected chi connectivity index (χ1v) is 11.5. The molecule has 5 aliphatic rings. The van der Waals surface area contributed by atoms with Gasteiger partial charge in [-0.1, -0.05) is 31.6 Å². The highest BCUT2D eigenvalue weighted by Gasteiger charge is 2.64. The molecule has 0 aromatic rings. The second-order valence-electron chi connectivity index (χ2n) is 11.0. The van der Waals surface area contributed by atoms with Gasteiger partial charge in [0.1, 0.15) is 0 Å². The molecule has 0 aromatic carbocycles. The molecule has 0 bridgehead atoms. The van der Waals surface area contributed by atoms with Crippen molar-refractivity contribution in [1.82, 2.24) is 0 Å². The van der Waals surface area contributed by atoms with Crippen molar-refractivity contribution in [1.29, 1.82) is 0 Å². The second kappa shape index (κ2) is 6.28. The Morgan fingerprint density at radius 2 is 1.79 bits per heavy atom. The summed E-state index contributed by atoms with van der Waals surface area (Å²) in [6.07, 6.45) is 15.5. The maximum absolute atomic E-state index is 12.7. The molecule has 3 fully saturated rings. The van der Waals surface area contributed by atoms with Crippen LogP contribution in [0.15, 0.2) is 23.8 Å². The fourth-order valence-corrected chi connectivity index (χ4v) is 8.14. The lowest BCUT2D eigenvalue weighted by molar-refractivity contribution is -0.193. The average molecular weight is 385 g/mol. The lowest BCUT2D eigenvalue weighted by Crippen LogP contribution is -2.61. The van der Waals surface area contributed by atoms with Crippen LogP contribution in [0.5, 0.6) is 0 Å². The van der Waals surface area contributed by atoms with Crippen LogP contribution in [0.1, 0.15) is 78.6 Å². The summed E-state index contributed by atoms with van der Waals surface area (Å²) in [5, 5.41) is 10.7. The molecule has 5 rings (SSSR count). The summed E-state index contributed by atoms with van der Waals surface area (Å²) in [5.74, 6) is 2.07. The van der Waals surface area contributed by atoms with Gasteiger partial charge >= 0.3 is 0 Å². The minimum Gasteiger partial charge on any atom is -0.393 e. The van der Waals surface area contributed by atoms with Gasteiger partial charge in [0.25, 0.3) is 0 Å². The fraction of sp³-hybridized carbons (Fsp3) is 0.800. The molecule has 28 heavy (non-hydrogen) atoms. The van der Waals surface area contributed by atoms with Crippen molar-refractivity contribution in [2.45, 2.75) is 96.4 Å². The van der Waals surface area contributed by atoms with E-state index in [1.54, 1.807) is 0 Å². The van der Waals surface area contributed by atoms with Crippen LogP contribution in [0.2, 0.25) is 0 Å². The van der Waals surface area contributed by atoms with Crippen molar-refractivity contribution in [2.75, 3.05) is 0 Å². The lowest BCUT2D eigenvalue weighted by atomic mass is 9.44. The molecule has 0 radical (unpaired) electrons. The Balaban J connectivity index is 1.53. The summed E-state index contributed by atoms with van der Waals surface area (Å²) in [6.45, 7) is 6.98. The molecule has 0 aliphatic heterocycles. The third-order valence-electron chi connectivity index (χ3n) is 9.88. The molecule has 0 heterocycles. The summed E-state index contributed by atoms with van der Waals surface area (Å²) in [6, 6.07) is 0. The highest BCUT2D eigenvalue weighted by Crippen LogP contribution is 2.67. The molecule has 3 nitrogen and oxygen atoms in total. The van der Waals surface area contributed by atoms with E-state index in [1.807, 2.05) is 6.08 Å². The summed E-state index contributed by atoms with van der Waals surface area (Å²) in [5.41, 5.74) is 0.955. The number of carbonyl (C=O) groups is 1. The van der Waals surface area contributed by atoms with E-state index >= 15 is 0 Å². The van der Waals surface area contributed by atoms with Crippen molar-refractivity contribution in [3.8, 4) is 0 Å². The molecule has 3 heteroatoms. The van der Waals surface area contributed by atoms with Gasteiger partial charge in [-0.25, -0.2) is 0 Å². The molecule has 154 valence electrons. The van der Waals surface area contributed by atoms with Crippen LogP contribution in [0, 0.1) is 28.6 Å². The number of ketones is 1. The normalized spacial score (nSPS) is 50.9. The Morgan fingerprint density at radius 3 is 2.54 bits per heavy atom. The van der Waals surface area contributed by atoms with Crippen LogP contribution in [0.3, 0.4) is 0 Å². The Labute approximate surface area is 169 Å². The Hall–Kier alpha value is -0.930. The third kappa shape index (κ3) is 2.45. The van der Waals surface area contributed by atoms with E-state index in [0.29, 0.717) is 24.2 Å². The summed E-state index contributed by atoms with van der Waals surface area (Å²) in [7, 11) is 0. The number of aliphatic hydroxyl groups is 1. The standard InChI is InChI=1S/C25H36O3/c1-23-13-12-21-19(20(23)10-11-22(23)27)9-8-16-14-17(26)15-24(2,25(16,21)3)28-18-6-4-5-7-18/h4-5,14,18-22,27H,6-13,15H2,1-3H3/t19-,20-,21-,22-,23-,24?,25-/m0/s1. The Bertz CT molecular complexity index is 730. The maximum Gasteiger partial charge on any atom is 0.158 e. The zero-order valence-corrected chi connectivity index (χ0v) is 17.7. The molecular weight excluding hydrogens is 348 g/mol. The van der Waals surface area contributed by atoms with Crippen LogP contribution in [-0.4, -0.2) is 28.7 Å². The van der Waals surface area contributed by atoms with Gasteiger partial charge in [0, 0.05) is 11.8 Å². The van der Waals surface area contributed by atoms with Gasteiger partial charge in [0.05, 0.1) is 17.8 Å². The zero-order chi connectivity index (χ0) is 19.7. The Morgan fingerprint density at radius 1 is 1.04 bits per heavy atom. The number of hydrogen-bond acceptors (Lipinski definition) is 3. The summed E-state index contributed by atoms with van der Waals surface area (Å²) >= 11 is 0. The van der Waals surface area contributed by atoms with Gasteiger partial charge in [-0.05, 0) is 87.5 Å². The van der Waals surface area contributed by atoms with Crippen LogP contribution in [-0.2, 0) is 9.53 Å². The van der Waals surface area contributed by atoms with Gasteiger partial charge < -0.3 is 9.84 Å². The van der Waals surface area contributed by atoms with Crippen LogP contribution in [0.4, 0.5) is 0 Å². The minimum absolute atomic E-state index is 0.0682. The number of ether oxygens (including phenoxy) is 1.